The zero-order chi connectivity index (χ0) is 14.3. The highest BCUT2D eigenvalue weighted by Gasteiger charge is 2.24. The lowest BCUT2D eigenvalue weighted by atomic mass is 9.95. The summed E-state index contributed by atoms with van der Waals surface area (Å²) in [5, 5.41) is 0. The molecule has 2 aromatic carbocycles. The first-order valence-corrected chi connectivity index (χ1v) is 7.03. The molecular formula is C18H20O2. The van der Waals surface area contributed by atoms with Crippen molar-refractivity contribution in [1.82, 2.24) is 0 Å². The second kappa shape index (κ2) is 4.86. The summed E-state index contributed by atoms with van der Waals surface area (Å²) in [5.74, 6) is 1.92. The van der Waals surface area contributed by atoms with Crippen LogP contribution in [-0.2, 0) is 6.42 Å². The fourth-order valence-corrected chi connectivity index (χ4v) is 2.85. The van der Waals surface area contributed by atoms with E-state index in [1.54, 1.807) is 7.11 Å². The summed E-state index contributed by atoms with van der Waals surface area (Å²) in [6, 6.07) is 10.7. The van der Waals surface area contributed by atoms with E-state index < -0.39 is 0 Å². The molecular weight excluding hydrogens is 248 g/mol. The van der Waals surface area contributed by atoms with Crippen LogP contribution in [0, 0.1) is 13.8 Å². The van der Waals surface area contributed by atoms with E-state index in [2.05, 4.69) is 51.1 Å². The predicted molar refractivity (Wildman–Crippen MR) is 81.7 cm³/mol. The van der Waals surface area contributed by atoms with Crippen LogP contribution in [0.5, 0.6) is 11.5 Å². The average Bonchev–Trinajstić information content (AvgIpc) is 2.80. The molecule has 0 saturated heterocycles. The van der Waals surface area contributed by atoms with Crippen LogP contribution in [0.1, 0.15) is 23.6 Å². The van der Waals surface area contributed by atoms with Gasteiger partial charge < -0.3 is 9.47 Å². The summed E-state index contributed by atoms with van der Waals surface area (Å²) in [5.41, 5.74) is 6.13. The van der Waals surface area contributed by atoms with E-state index in [-0.39, 0.29) is 6.10 Å². The van der Waals surface area contributed by atoms with Gasteiger partial charge in [0.25, 0.3) is 0 Å². The molecule has 20 heavy (non-hydrogen) atoms. The molecule has 2 aromatic rings. The van der Waals surface area contributed by atoms with Gasteiger partial charge in [-0.05, 0) is 44.0 Å². The molecule has 0 aromatic heterocycles. The Kier molecular flexibility index (Phi) is 3.17. The molecule has 1 aliphatic rings. The highest BCUT2D eigenvalue weighted by atomic mass is 16.5. The molecule has 0 amide bonds. The SMILES string of the molecule is COc1cc2c(c(-c3cc(C)ccc3C)c1)OC(C)C2. The summed E-state index contributed by atoms with van der Waals surface area (Å²) in [6.07, 6.45) is 1.19. The van der Waals surface area contributed by atoms with E-state index >= 15 is 0 Å². The third-order valence-corrected chi connectivity index (χ3v) is 3.88. The van der Waals surface area contributed by atoms with Crippen LogP contribution < -0.4 is 9.47 Å². The van der Waals surface area contributed by atoms with Crippen LogP contribution in [0.4, 0.5) is 0 Å². The van der Waals surface area contributed by atoms with Crippen LogP contribution in [-0.4, -0.2) is 13.2 Å². The summed E-state index contributed by atoms with van der Waals surface area (Å²) in [7, 11) is 1.72. The van der Waals surface area contributed by atoms with Crippen LogP contribution in [0.15, 0.2) is 30.3 Å². The standard InChI is InChI=1S/C18H20O2/c1-11-5-6-12(2)16(7-11)17-10-15(19-4)9-14-8-13(3)20-18(14)17/h5-7,9-10,13H,8H2,1-4H3. The molecule has 1 heterocycles. The molecule has 0 bridgehead atoms. The molecule has 0 aliphatic carbocycles. The Balaban J connectivity index is 2.23. The van der Waals surface area contributed by atoms with Gasteiger partial charge in [-0.1, -0.05) is 23.8 Å². The summed E-state index contributed by atoms with van der Waals surface area (Å²) in [4.78, 5) is 0. The van der Waals surface area contributed by atoms with Gasteiger partial charge in [0.05, 0.1) is 7.11 Å². The van der Waals surface area contributed by atoms with Crippen molar-refractivity contribution >= 4 is 0 Å². The van der Waals surface area contributed by atoms with Crippen LogP contribution in [0.25, 0.3) is 11.1 Å². The first-order valence-electron chi connectivity index (χ1n) is 7.03. The van der Waals surface area contributed by atoms with Crippen molar-refractivity contribution in [2.24, 2.45) is 0 Å². The number of hydrogen-bond acceptors (Lipinski definition) is 2. The number of benzene rings is 2. The van der Waals surface area contributed by atoms with Gasteiger partial charge in [0.15, 0.2) is 0 Å². The average molecular weight is 268 g/mol. The van der Waals surface area contributed by atoms with Crippen LogP contribution in [0.2, 0.25) is 0 Å². The monoisotopic (exact) mass is 268 g/mol. The van der Waals surface area contributed by atoms with Crippen molar-refractivity contribution < 1.29 is 9.47 Å². The molecule has 0 N–H and O–H groups in total. The minimum absolute atomic E-state index is 0.237. The zero-order valence-corrected chi connectivity index (χ0v) is 12.5. The molecule has 3 rings (SSSR count). The Morgan fingerprint density at radius 2 is 1.90 bits per heavy atom. The van der Waals surface area contributed by atoms with Gasteiger partial charge in [-0.25, -0.2) is 0 Å². The molecule has 1 aliphatic heterocycles. The molecule has 0 radical (unpaired) electrons. The van der Waals surface area contributed by atoms with Crippen molar-refractivity contribution in [2.45, 2.75) is 33.3 Å². The summed E-state index contributed by atoms with van der Waals surface area (Å²) < 4.78 is 11.5. The molecule has 0 saturated carbocycles. The lowest BCUT2D eigenvalue weighted by Gasteiger charge is -2.14. The Morgan fingerprint density at radius 1 is 1.10 bits per heavy atom. The van der Waals surface area contributed by atoms with E-state index in [1.807, 2.05) is 0 Å². The second-order valence-corrected chi connectivity index (χ2v) is 5.61. The van der Waals surface area contributed by atoms with Crippen molar-refractivity contribution in [2.75, 3.05) is 7.11 Å². The van der Waals surface area contributed by atoms with E-state index in [9.17, 15) is 0 Å². The number of aryl methyl sites for hydroxylation is 2. The van der Waals surface area contributed by atoms with Crippen LogP contribution >= 0.6 is 0 Å². The van der Waals surface area contributed by atoms with Gasteiger partial charge in [-0.3, -0.25) is 0 Å². The number of fused-ring (bicyclic) bond motifs is 1. The van der Waals surface area contributed by atoms with Crippen molar-refractivity contribution in [3.63, 3.8) is 0 Å². The lowest BCUT2D eigenvalue weighted by Crippen LogP contribution is -2.05. The Hall–Kier alpha value is -1.96. The Labute approximate surface area is 120 Å². The van der Waals surface area contributed by atoms with Gasteiger partial charge in [0.1, 0.15) is 17.6 Å². The Morgan fingerprint density at radius 3 is 2.65 bits per heavy atom. The largest absolute Gasteiger partial charge is 0.497 e. The van der Waals surface area contributed by atoms with E-state index in [1.165, 1.54) is 22.3 Å². The highest BCUT2D eigenvalue weighted by Crippen LogP contribution is 2.42. The van der Waals surface area contributed by atoms with Crippen molar-refractivity contribution in [3.05, 3.63) is 47.0 Å². The summed E-state index contributed by atoms with van der Waals surface area (Å²) in [6.45, 7) is 6.37. The van der Waals surface area contributed by atoms with Crippen LogP contribution in [0.3, 0.4) is 0 Å². The minimum Gasteiger partial charge on any atom is -0.497 e. The van der Waals surface area contributed by atoms with E-state index in [4.69, 9.17) is 9.47 Å². The first-order chi connectivity index (χ1) is 9.58. The van der Waals surface area contributed by atoms with E-state index in [0.717, 1.165) is 23.5 Å². The van der Waals surface area contributed by atoms with Gasteiger partial charge in [0, 0.05) is 17.5 Å². The molecule has 1 unspecified atom stereocenters. The number of rotatable bonds is 2. The topological polar surface area (TPSA) is 18.5 Å². The normalized spacial score (nSPS) is 16.7. The summed E-state index contributed by atoms with van der Waals surface area (Å²) >= 11 is 0. The molecule has 1 atom stereocenters. The Bertz CT molecular complexity index is 659. The van der Waals surface area contributed by atoms with Crippen molar-refractivity contribution in [1.29, 1.82) is 0 Å². The first kappa shape index (κ1) is 13.0. The number of ether oxygens (including phenoxy) is 2. The molecule has 104 valence electrons. The molecule has 0 spiro atoms. The third-order valence-electron chi connectivity index (χ3n) is 3.88. The quantitative estimate of drug-likeness (QED) is 0.808. The smallest absolute Gasteiger partial charge is 0.131 e. The number of hydrogen-bond donors (Lipinski definition) is 0. The number of methoxy groups -OCH3 is 1. The minimum atomic E-state index is 0.237. The van der Waals surface area contributed by atoms with Crippen molar-refractivity contribution in [3.8, 4) is 22.6 Å². The fourth-order valence-electron chi connectivity index (χ4n) is 2.85. The van der Waals surface area contributed by atoms with E-state index in [0.29, 0.717) is 0 Å². The maximum absolute atomic E-state index is 6.03. The molecule has 2 nitrogen and oxygen atoms in total. The highest BCUT2D eigenvalue weighted by molar-refractivity contribution is 5.77. The predicted octanol–water partition coefficient (Wildman–Crippen LogP) is 4.30. The zero-order valence-electron chi connectivity index (χ0n) is 12.5. The van der Waals surface area contributed by atoms with Gasteiger partial charge in [-0.2, -0.15) is 0 Å². The second-order valence-electron chi connectivity index (χ2n) is 5.61. The molecule has 2 heteroatoms. The van der Waals surface area contributed by atoms with Gasteiger partial charge in [0.2, 0.25) is 0 Å². The van der Waals surface area contributed by atoms with Gasteiger partial charge in [-0.15, -0.1) is 0 Å². The third kappa shape index (κ3) is 2.15. The van der Waals surface area contributed by atoms with Gasteiger partial charge >= 0.3 is 0 Å². The maximum atomic E-state index is 6.03. The lowest BCUT2D eigenvalue weighted by molar-refractivity contribution is 0.255. The maximum Gasteiger partial charge on any atom is 0.131 e. The molecule has 0 fully saturated rings. The fraction of sp³-hybridized carbons (Fsp3) is 0.333.